The summed E-state index contributed by atoms with van der Waals surface area (Å²) in [6.45, 7) is 9.42. The minimum absolute atomic E-state index is 0. The van der Waals surface area contributed by atoms with Crippen LogP contribution in [0.2, 0.25) is 0 Å². The van der Waals surface area contributed by atoms with E-state index in [0.717, 1.165) is 50.2 Å². The van der Waals surface area contributed by atoms with E-state index in [2.05, 4.69) is 51.1 Å². The maximum atomic E-state index is 4.80. The molecule has 1 fully saturated rings. The van der Waals surface area contributed by atoms with Crippen LogP contribution in [0.1, 0.15) is 18.2 Å². The van der Waals surface area contributed by atoms with Gasteiger partial charge in [0.05, 0.1) is 12.2 Å². The number of nitrogens with zero attached hydrogens (tertiary/aromatic N) is 5. The Labute approximate surface area is 172 Å². The molecule has 6 nitrogen and oxygen atoms in total. The zero-order valence-corrected chi connectivity index (χ0v) is 17.8. The third-order valence-electron chi connectivity index (χ3n) is 4.38. The molecule has 1 N–H and O–H groups in total. The predicted octanol–water partition coefficient (Wildman–Crippen LogP) is 2.69. The molecule has 0 saturated carbocycles. The van der Waals surface area contributed by atoms with Gasteiger partial charge in [-0.1, -0.05) is 12.1 Å². The second-order valence-electron chi connectivity index (χ2n) is 6.10. The number of anilines is 1. The fourth-order valence-electron chi connectivity index (χ4n) is 2.95. The molecule has 1 aliphatic heterocycles. The summed E-state index contributed by atoms with van der Waals surface area (Å²) in [4.78, 5) is 18.3. The molecular weight excluding hydrogens is 439 g/mol. The third kappa shape index (κ3) is 5.30. The van der Waals surface area contributed by atoms with E-state index >= 15 is 0 Å². The van der Waals surface area contributed by atoms with Crippen molar-refractivity contribution in [3.8, 4) is 0 Å². The first-order valence-electron chi connectivity index (χ1n) is 8.87. The van der Waals surface area contributed by atoms with Crippen LogP contribution in [0.4, 0.5) is 5.82 Å². The van der Waals surface area contributed by atoms with Crippen LogP contribution in [-0.2, 0) is 6.54 Å². The lowest BCUT2D eigenvalue weighted by Crippen LogP contribution is -2.52. The van der Waals surface area contributed by atoms with Gasteiger partial charge in [-0.25, -0.2) is 9.98 Å². The van der Waals surface area contributed by atoms with Crippen molar-refractivity contribution in [3.05, 3.63) is 54.0 Å². The highest BCUT2D eigenvalue weighted by molar-refractivity contribution is 14.0. The summed E-state index contributed by atoms with van der Waals surface area (Å²) in [5, 5.41) is 3.41. The van der Waals surface area contributed by atoms with Crippen molar-refractivity contribution in [2.45, 2.75) is 20.4 Å². The van der Waals surface area contributed by atoms with Crippen molar-refractivity contribution in [2.24, 2.45) is 4.99 Å². The number of hydrogen-bond donors (Lipinski definition) is 1. The normalized spacial score (nSPS) is 14.8. The monoisotopic (exact) mass is 466 g/mol. The Bertz CT molecular complexity index is 698. The lowest BCUT2D eigenvalue weighted by Gasteiger charge is -2.37. The maximum absolute atomic E-state index is 4.80. The van der Waals surface area contributed by atoms with Gasteiger partial charge < -0.3 is 15.1 Å². The summed E-state index contributed by atoms with van der Waals surface area (Å²) in [5.74, 6) is 2.02. The summed E-state index contributed by atoms with van der Waals surface area (Å²) < 4.78 is 0. The van der Waals surface area contributed by atoms with Crippen LogP contribution in [0, 0.1) is 6.92 Å². The number of aromatic nitrogens is 2. The Morgan fingerprint density at radius 2 is 1.85 bits per heavy atom. The molecule has 0 atom stereocenters. The van der Waals surface area contributed by atoms with Gasteiger partial charge in [0, 0.05) is 45.1 Å². The van der Waals surface area contributed by atoms with Crippen molar-refractivity contribution < 1.29 is 0 Å². The number of aliphatic imine (C=N–C) groups is 1. The van der Waals surface area contributed by atoms with Crippen LogP contribution in [-0.4, -0.2) is 53.6 Å². The molecule has 0 aliphatic carbocycles. The summed E-state index contributed by atoms with van der Waals surface area (Å²) >= 11 is 0. The van der Waals surface area contributed by atoms with Gasteiger partial charge in [0.15, 0.2) is 5.96 Å². The first kappa shape index (κ1) is 20.4. The lowest BCUT2D eigenvalue weighted by atomic mass is 10.2. The lowest BCUT2D eigenvalue weighted by molar-refractivity contribution is 0.371. The average molecular weight is 466 g/mol. The largest absolute Gasteiger partial charge is 0.357 e. The molecule has 3 heterocycles. The summed E-state index contributed by atoms with van der Waals surface area (Å²) in [7, 11) is 0. The summed E-state index contributed by atoms with van der Waals surface area (Å²) in [6.07, 6.45) is 3.68. The molecule has 7 heteroatoms. The van der Waals surface area contributed by atoms with Crippen LogP contribution in [0.15, 0.2) is 47.7 Å². The van der Waals surface area contributed by atoms with Gasteiger partial charge in [-0.3, -0.25) is 4.98 Å². The highest BCUT2D eigenvalue weighted by atomic mass is 127. The molecular formula is C19H27IN6. The Morgan fingerprint density at radius 3 is 2.50 bits per heavy atom. The molecule has 0 aromatic carbocycles. The number of halogens is 1. The van der Waals surface area contributed by atoms with Gasteiger partial charge >= 0.3 is 0 Å². The molecule has 3 rings (SSSR count). The van der Waals surface area contributed by atoms with Crippen LogP contribution in [0.5, 0.6) is 0 Å². The molecule has 0 bridgehead atoms. The number of rotatable bonds is 4. The fraction of sp³-hybridized carbons (Fsp3) is 0.421. The van der Waals surface area contributed by atoms with Crippen molar-refractivity contribution in [3.63, 3.8) is 0 Å². The summed E-state index contributed by atoms with van der Waals surface area (Å²) in [6, 6.07) is 10.1. The highest BCUT2D eigenvalue weighted by Gasteiger charge is 2.20. The zero-order valence-electron chi connectivity index (χ0n) is 15.4. The Balaban J connectivity index is 0.00000243. The molecule has 0 spiro atoms. The van der Waals surface area contributed by atoms with Crippen LogP contribution < -0.4 is 10.2 Å². The molecule has 26 heavy (non-hydrogen) atoms. The van der Waals surface area contributed by atoms with E-state index in [1.54, 1.807) is 0 Å². The SMILES string of the molecule is CCNC(=NCc1ncccc1C)N1CCN(c2ccccn2)CC1.I. The quantitative estimate of drug-likeness (QED) is 0.427. The summed E-state index contributed by atoms with van der Waals surface area (Å²) in [5.41, 5.74) is 2.21. The van der Waals surface area contributed by atoms with E-state index < -0.39 is 0 Å². The maximum Gasteiger partial charge on any atom is 0.194 e. The number of piperazine rings is 1. The van der Waals surface area contributed by atoms with Crippen molar-refractivity contribution in [1.82, 2.24) is 20.2 Å². The first-order chi connectivity index (χ1) is 12.3. The molecule has 2 aromatic rings. The number of hydrogen-bond acceptors (Lipinski definition) is 4. The van der Waals surface area contributed by atoms with Crippen molar-refractivity contribution in [1.29, 1.82) is 0 Å². The molecule has 2 aromatic heterocycles. The smallest absolute Gasteiger partial charge is 0.194 e. The van der Waals surface area contributed by atoms with Gasteiger partial charge in [-0.15, -0.1) is 24.0 Å². The number of nitrogens with one attached hydrogen (secondary N) is 1. The van der Waals surface area contributed by atoms with Gasteiger partial charge in [0.2, 0.25) is 0 Å². The second kappa shape index (κ2) is 10.3. The minimum Gasteiger partial charge on any atom is -0.357 e. The average Bonchev–Trinajstić information content (AvgIpc) is 2.67. The highest BCUT2D eigenvalue weighted by Crippen LogP contribution is 2.13. The zero-order chi connectivity index (χ0) is 17.5. The third-order valence-corrected chi connectivity index (χ3v) is 4.38. The molecule has 1 aliphatic rings. The topological polar surface area (TPSA) is 56.7 Å². The van der Waals surface area contributed by atoms with E-state index in [1.165, 1.54) is 5.56 Å². The number of guanidine groups is 1. The molecule has 0 unspecified atom stereocenters. The van der Waals surface area contributed by atoms with E-state index in [0.29, 0.717) is 6.54 Å². The van der Waals surface area contributed by atoms with Crippen LogP contribution in [0.25, 0.3) is 0 Å². The van der Waals surface area contributed by atoms with E-state index in [9.17, 15) is 0 Å². The van der Waals surface area contributed by atoms with Crippen LogP contribution >= 0.6 is 24.0 Å². The van der Waals surface area contributed by atoms with Gasteiger partial charge in [-0.2, -0.15) is 0 Å². The number of pyridine rings is 2. The van der Waals surface area contributed by atoms with Gasteiger partial charge in [-0.05, 0) is 37.6 Å². The van der Waals surface area contributed by atoms with Crippen molar-refractivity contribution in [2.75, 3.05) is 37.6 Å². The van der Waals surface area contributed by atoms with Crippen LogP contribution in [0.3, 0.4) is 0 Å². The van der Waals surface area contributed by atoms with Gasteiger partial charge in [0.25, 0.3) is 0 Å². The molecule has 0 amide bonds. The van der Waals surface area contributed by atoms with Gasteiger partial charge in [0.1, 0.15) is 5.82 Å². The minimum atomic E-state index is 0. The standard InChI is InChI=1S/C19H26N6.HI/c1-3-20-19(23-15-17-16(2)7-6-10-21-17)25-13-11-24(12-14-25)18-8-4-5-9-22-18;/h4-10H,3,11-15H2,1-2H3,(H,20,23);1H. The molecule has 0 radical (unpaired) electrons. The van der Waals surface area contributed by atoms with Crippen molar-refractivity contribution >= 4 is 35.8 Å². The molecule has 1 saturated heterocycles. The van der Waals surface area contributed by atoms with E-state index in [-0.39, 0.29) is 24.0 Å². The van der Waals surface area contributed by atoms with E-state index in [1.807, 2.05) is 30.6 Å². The first-order valence-corrected chi connectivity index (χ1v) is 8.87. The Kier molecular flexibility index (Phi) is 8.08. The number of aryl methyl sites for hydroxylation is 1. The molecule has 140 valence electrons. The second-order valence-corrected chi connectivity index (χ2v) is 6.10. The Morgan fingerprint density at radius 1 is 1.08 bits per heavy atom. The predicted molar refractivity (Wildman–Crippen MR) is 117 cm³/mol. The fourth-order valence-corrected chi connectivity index (χ4v) is 2.95. The van der Waals surface area contributed by atoms with E-state index in [4.69, 9.17) is 4.99 Å². The Hall–Kier alpha value is -1.90.